The summed E-state index contributed by atoms with van der Waals surface area (Å²) in [6, 6.07) is 16.2. The third kappa shape index (κ3) is 4.73. The monoisotopic (exact) mass is 367 g/mol. The molecule has 0 saturated carbocycles. The van der Waals surface area contributed by atoms with Gasteiger partial charge in [0.25, 0.3) is 0 Å². The van der Waals surface area contributed by atoms with Crippen LogP contribution in [-0.2, 0) is 0 Å². The van der Waals surface area contributed by atoms with E-state index in [1.54, 1.807) is 0 Å². The Morgan fingerprint density at radius 3 is 2.33 bits per heavy atom. The molecule has 0 unspecified atom stereocenters. The second-order valence-corrected chi connectivity index (χ2v) is 7.07. The van der Waals surface area contributed by atoms with E-state index in [1.165, 1.54) is 11.3 Å². The number of piperazine rings is 1. The van der Waals surface area contributed by atoms with Crippen LogP contribution < -0.4 is 15.0 Å². The Labute approximate surface area is 161 Å². The number of amides is 2. The van der Waals surface area contributed by atoms with E-state index in [-0.39, 0.29) is 6.03 Å². The van der Waals surface area contributed by atoms with Crippen LogP contribution in [0.3, 0.4) is 0 Å². The van der Waals surface area contributed by atoms with Crippen molar-refractivity contribution in [2.24, 2.45) is 0 Å². The zero-order valence-corrected chi connectivity index (χ0v) is 16.4. The van der Waals surface area contributed by atoms with Crippen molar-refractivity contribution in [3.8, 4) is 5.75 Å². The summed E-state index contributed by atoms with van der Waals surface area (Å²) in [5, 5.41) is 3.09. The highest BCUT2D eigenvalue weighted by atomic mass is 16.5. The van der Waals surface area contributed by atoms with Gasteiger partial charge in [0.05, 0.1) is 6.61 Å². The van der Waals surface area contributed by atoms with Crippen molar-refractivity contribution in [3.05, 3.63) is 54.1 Å². The number of hydrogen-bond acceptors (Lipinski definition) is 3. The van der Waals surface area contributed by atoms with Crippen LogP contribution in [-0.4, -0.2) is 43.7 Å². The second-order valence-electron chi connectivity index (χ2n) is 7.07. The second kappa shape index (κ2) is 8.80. The maximum absolute atomic E-state index is 12.7. The first-order valence-electron chi connectivity index (χ1n) is 9.71. The number of hydrogen-bond donors (Lipinski definition) is 1. The van der Waals surface area contributed by atoms with Crippen LogP contribution >= 0.6 is 0 Å². The van der Waals surface area contributed by atoms with Crippen molar-refractivity contribution in [2.45, 2.75) is 26.7 Å². The molecule has 0 radical (unpaired) electrons. The zero-order valence-electron chi connectivity index (χ0n) is 16.4. The van der Waals surface area contributed by atoms with E-state index in [2.05, 4.69) is 42.3 Å². The minimum absolute atomic E-state index is 0.0190. The number of benzene rings is 2. The fraction of sp³-hybridized carbons (Fsp3) is 0.409. The Kier molecular flexibility index (Phi) is 6.22. The van der Waals surface area contributed by atoms with Crippen molar-refractivity contribution in [3.63, 3.8) is 0 Å². The Bertz CT molecular complexity index is 750. The summed E-state index contributed by atoms with van der Waals surface area (Å²) >= 11 is 0. The van der Waals surface area contributed by atoms with Gasteiger partial charge in [-0.3, -0.25) is 0 Å². The molecule has 1 fully saturated rings. The molecule has 1 aliphatic heterocycles. The van der Waals surface area contributed by atoms with Crippen LogP contribution in [0.1, 0.15) is 32.3 Å². The summed E-state index contributed by atoms with van der Waals surface area (Å²) in [6.45, 7) is 10.0. The van der Waals surface area contributed by atoms with Crippen LogP contribution in [0.4, 0.5) is 16.2 Å². The van der Waals surface area contributed by atoms with Gasteiger partial charge in [0.2, 0.25) is 0 Å². The number of carbonyl (C=O) groups is 1. The highest BCUT2D eigenvalue weighted by Crippen LogP contribution is 2.25. The lowest BCUT2D eigenvalue weighted by Crippen LogP contribution is -2.50. The molecule has 1 N–H and O–H groups in total. The van der Waals surface area contributed by atoms with Gasteiger partial charge in [-0.25, -0.2) is 4.79 Å². The summed E-state index contributed by atoms with van der Waals surface area (Å²) in [7, 11) is 0. The van der Waals surface area contributed by atoms with E-state index < -0.39 is 0 Å². The van der Waals surface area contributed by atoms with E-state index in [0.29, 0.717) is 25.6 Å². The molecule has 5 heteroatoms. The molecule has 0 aliphatic carbocycles. The highest BCUT2D eigenvalue weighted by Gasteiger charge is 2.22. The lowest BCUT2D eigenvalue weighted by atomic mass is 10.0. The molecule has 2 aromatic carbocycles. The molecule has 1 heterocycles. The molecular weight excluding hydrogens is 338 g/mol. The van der Waals surface area contributed by atoms with Crippen molar-refractivity contribution in [1.82, 2.24) is 4.90 Å². The zero-order chi connectivity index (χ0) is 19.2. The van der Waals surface area contributed by atoms with Crippen LogP contribution in [0, 0.1) is 0 Å². The summed E-state index contributed by atoms with van der Waals surface area (Å²) in [5.74, 6) is 1.26. The first kappa shape index (κ1) is 19.1. The Hall–Kier alpha value is -2.69. The van der Waals surface area contributed by atoms with Gasteiger partial charge in [0, 0.05) is 37.6 Å². The van der Waals surface area contributed by atoms with Gasteiger partial charge < -0.3 is 19.9 Å². The van der Waals surface area contributed by atoms with E-state index in [4.69, 9.17) is 4.74 Å². The SMILES string of the molecule is CCOc1ccc(N2CCN(C(=O)Nc3ccccc3C(C)C)CC2)cc1. The lowest BCUT2D eigenvalue weighted by molar-refractivity contribution is 0.208. The normalized spacial score (nSPS) is 14.4. The Balaban J connectivity index is 1.56. The lowest BCUT2D eigenvalue weighted by Gasteiger charge is -2.36. The molecule has 0 aromatic heterocycles. The van der Waals surface area contributed by atoms with Gasteiger partial charge in [-0.2, -0.15) is 0 Å². The van der Waals surface area contributed by atoms with Gasteiger partial charge in [0.1, 0.15) is 5.75 Å². The molecule has 0 bridgehead atoms. The third-order valence-electron chi connectivity index (χ3n) is 4.90. The molecule has 0 spiro atoms. The molecule has 27 heavy (non-hydrogen) atoms. The van der Waals surface area contributed by atoms with E-state index in [1.807, 2.05) is 42.2 Å². The maximum Gasteiger partial charge on any atom is 0.321 e. The molecular formula is C22H29N3O2. The average Bonchev–Trinajstić information content (AvgIpc) is 2.69. The summed E-state index contributed by atoms with van der Waals surface area (Å²) in [6.07, 6.45) is 0. The molecule has 0 atom stereocenters. The summed E-state index contributed by atoms with van der Waals surface area (Å²) in [5.41, 5.74) is 3.24. The van der Waals surface area contributed by atoms with E-state index in [0.717, 1.165) is 24.5 Å². The van der Waals surface area contributed by atoms with Gasteiger partial charge in [0.15, 0.2) is 0 Å². The summed E-state index contributed by atoms with van der Waals surface area (Å²) in [4.78, 5) is 16.9. The number of anilines is 2. The number of rotatable bonds is 5. The highest BCUT2D eigenvalue weighted by molar-refractivity contribution is 5.90. The van der Waals surface area contributed by atoms with Gasteiger partial charge in [-0.05, 0) is 48.7 Å². The Morgan fingerprint density at radius 2 is 1.70 bits per heavy atom. The first-order chi connectivity index (χ1) is 13.1. The number of ether oxygens (including phenoxy) is 1. The molecule has 2 amide bonds. The average molecular weight is 367 g/mol. The molecule has 1 aliphatic rings. The molecule has 1 saturated heterocycles. The number of para-hydroxylation sites is 1. The molecule has 5 nitrogen and oxygen atoms in total. The molecule has 144 valence electrons. The van der Waals surface area contributed by atoms with Crippen molar-refractivity contribution < 1.29 is 9.53 Å². The standard InChI is InChI=1S/C22H29N3O2/c1-4-27-19-11-9-18(10-12-19)24-13-15-25(16-14-24)22(26)23-21-8-6-5-7-20(21)17(2)3/h5-12,17H,4,13-16H2,1-3H3,(H,23,26). The largest absolute Gasteiger partial charge is 0.494 e. The quantitative estimate of drug-likeness (QED) is 0.842. The van der Waals surface area contributed by atoms with E-state index >= 15 is 0 Å². The maximum atomic E-state index is 12.7. The van der Waals surface area contributed by atoms with Crippen molar-refractivity contribution in [2.75, 3.05) is 43.0 Å². The van der Waals surface area contributed by atoms with Crippen LogP contribution in [0.25, 0.3) is 0 Å². The van der Waals surface area contributed by atoms with Crippen molar-refractivity contribution >= 4 is 17.4 Å². The van der Waals surface area contributed by atoms with Crippen LogP contribution in [0.15, 0.2) is 48.5 Å². The number of carbonyl (C=O) groups excluding carboxylic acids is 1. The van der Waals surface area contributed by atoms with Gasteiger partial charge >= 0.3 is 6.03 Å². The number of nitrogens with one attached hydrogen (secondary N) is 1. The fourth-order valence-corrected chi connectivity index (χ4v) is 3.40. The summed E-state index contributed by atoms with van der Waals surface area (Å²) < 4.78 is 5.50. The Morgan fingerprint density at radius 1 is 1.04 bits per heavy atom. The van der Waals surface area contributed by atoms with Crippen LogP contribution in [0.2, 0.25) is 0 Å². The fourth-order valence-electron chi connectivity index (χ4n) is 3.40. The minimum Gasteiger partial charge on any atom is -0.494 e. The van der Waals surface area contributed by atoms with Gasteiger partial charge in [-0.15, -0.1) is 0 Å². The first-order valence-corrected chi connectivity index (χ1v) is 9.71. The predicted molar refractivity (Wildman–Crippen MR) is 111 cm³/mol. The van der Waals surface area contributed by atoms with Gasteiger partial charge in [-0.1, -0.05) is 32.0 Å². The molecule has 2 aromatic rings. The number of nitrogens with zero attached hydrogens (tertiary/aromatic N) is 2. The predicted octanol–water partition coefficient (Wildman–Crippen LogP) is 4.56. The smallest absolute Gasteiger partial charge is 0.321 e. The minimum atomic E-state index is -0.0190. The van der Waals surface area contributed by atoms with Crippen molar-refractivity contribution in [1.29, 1.82) is 0 Å². The van der Waals surface area contributed by atoms with E-state index in [9.17, 15) is 4.79 Å². The third-order valence-corrected chi connectivity index (χ3v) is 4.90. The topological polar surface area (TPSA) is 44.8 Å². The molecule has 3 rings (SSSR count). The van der Waals surface area contributed by atoms with Crippen LogP contribution in [0.5, 0.6) is 5.75 Å². The number of urea groups is 1.